The number of carbonyl (C=O) groups excluding carboxylic acids is 3. The first-order valence-corrected chi connectivity index (χ1v) is 16.7. The van der Waals surface area contributed by atoms with Gasteiger partial charge in [-0.3, -0.25) is 14.5 Å². The van der Waals surface area contributed by atoms with E-state index in [1.54, 1.807) is 38.3 Å². The van der Waals surface area contributed by atoms with Gasteiger partial charge in [0.05, 0.1) is 24.5 Å². The summed E-state index contributed by atoms with van der Waals surface area (Å²) < 4.78 is 10.7. The summed E-state index contributed by atoms with van der Waals surface area (Å²) >= 11 is 2.88. The molecular weight excluding hydrogens is 607 g/mol. The molecule has 0 bridgehead atoms. The monoisotopic (exact) mass is 643 g/mol. The number of amides is 2. The molecule has 1 aromatic heterocycles. The highest BCUT2D eigenvalue weighted by atomic mass is 32.2. The second kappa shape index (κ2) is 15.2. The summed E-state index contributed by atoms with van der Waals surface area (Å²) in [6, 6.07) is 24.7. The molecule has 2 N–H and O–H groups in total. The number of esters is 1. The van der Waals surface area contributed by atoms with E-state index in [2.05, 4.69) is 27.7 Å². The molecule has 4 aromatic rings. The molecule has 0 fully saturated rings. The highest BCUT2D eigenvalue weighted by Crippen LogP contribution is 2.39. The lowest BCUT2D eigenvalue weighted by Crippen LogP contribution is -2.30. The predicted molar refractivity (Wildman–Crippen MR) is 180 cm³/mol. The molecule has 0 aliphatic carbocycles. The van der Waals surface area contributed by atoms with Crippen LogP contribution in [-0.2, 0) is 29.0 Å². The van der Waals surface area contributed by atoms with Gasteiger partial charge in [-0.1, -0.05) is 49.4 Å². The summed E-state index contributed by atoms with van der Waals surface area (Å²) in [4.78, 5) is 43.9. The number of hydrogen-bond acceptors (Lipinski definition) is 8. The van der Waals surface area contributed by atoms with Crippen molar-refractivity contribution in [3.05, 3.63) is 106 Å². The summed E-state index contributed by atoms with van der Waals surface area (Å²) in [7, 11) is 1.56. The van der Waals surface area contributed by atoms with Gasteiger partial charge < -0.3 is 20.1 Å². The average Bonchev–Trinajstić information content (AvgIpc) is 3.41. The van der Waals surface area contributed by atoms with E-state index >= 15 is 0 Å². The van der Waals surface area contributed by atoms with Crippen molar-refractivity contribution in [2.75, 3.05) is 30.9 Å². The van der Waals surface area contributed by atoms with Crippen LogP contribution in [0, 0.1) is 0 Å². The Kier molecular flexibility index (Phi) is 10.9. The summed E-state index contributed by atoms with van der Waals surface area (Å²) in [5, 5.41) is 6.13. The Morgan fingerprint density at radius 1 is 0.978 bits per heavy atom. The van der Waals surface area contributed by atoms with E-state index in [4.69, 9.17) is 9.47 Å². The standard InChI is InChI=1S/C35H37N3O5S2/c1-4-29(44-27-16-10-14-25(20-27)36-32(39)24-13-9-15-26(19-24)42-3)33(40)37-34-31(35(41)43-5-2)28-17-18-38(22-30(28)45-34)21-23-11-7-6-8-12-23/h6-16,19-20,29H,4-5,17-18,21-22H2,1-3H3,(H,36,39)(H,37,40). The van der Waals surface area contributed by atoms with Crippen LogP contribution in [0.15, 0.2) is 83.8 Å². The molecule has 8 nitrogen and oxygen atoms in total. The van der Waals surface area contributed by atoms with Crippen molar-refractivity contribution in [2.45, 2.75) is 49.9 Å². The van der Waals surface area contributed by atoms with Gasteiger partial charge in [-0.2, -0.15) is 0 Å². The van der Waals surface area contributed by atoms with Crippen molar-refractivity contribution in [2.24, 2.45) is 0 Å². The van der Waals surface area contributed by atoms with Gasteiger partial charge in [-0.05, 0) is 67.3 Å². The second-order valence-electron chi connectivity index (χ2n) is 10.6. The van der Waals surface area contributed by atoms with Gasteiger partial charge in [0, 0.05) is 40.7 Å². The molecule has 5 rings (SSSR count). The third-order valence-corrected chi connectivity index (χ3v) is 9.96. The third kappa shape index (κ3) is 8.13. The lowest BCUT2D eigenvalue weighted by Gasteiger charge is -2.27. The first-order valence-electron chi connectivity index (χ1n) is 15.0. The van der Waals surface area contributed by atoms with Gasteiger partial charge in [0.1, 0.15) is 10.8 Å². The summed E-state index contributed by atoms with van der Waals surface area (Å²) in [6.45, 7) is 6.34. The molecule has 234 valence electrons. The summed E-state index contributed by atoms with van der Waals surface area (Å²) in [5.74, 6) is -0.233. The van der Waals surface area contributed by atoms with Crippen molar-refractivity contribution >= 4 is 51.6 Å². The first kappa shape index (κ1) is 32.3. The van der Waals surface area contributed by atoms with E-state index in [1.165, 1.54) is 28.7 Å². The maximum Gasteiger partial charge on any atom is 0.341 e. The van der Waals surface area contributed by atoms with Crippen molar-refractivity contribution < 1.29 is 23.9 Å². The fraction of sp³-hybridized carbons (Fsp3) is 0.286. The number of rotatable bonds is 12. The van der Waals surface area contributed by atoms with Gasteiger partial charge in [-0.15, -0.1) is 23.1 Å². The topological polar surface area (TPSA) is 97.0 Å². The zero-order valence-electron chi connectivity index (χ0n) is 25.6. The maximum absolute atomic E-state index is 13.6. The predicted octanol–water partition coefficient (Wildman–Crippen LogP) is 7.25. The fourth-order valence-corrected chi connectivity index (χ4v) is 7.53. The molecule has 10 heteroatoms. The first-order chi connectivity index (χ1) is 21.9. The number of nitrogens with zero attached hydrogens (tertiary/aromatic N) is 1. The van der Waals surface area contributed by atoms with E-state index in [9.17, 15) is 14.4 Å². The minimum Gasteiger partial charge on any atom is -0.497 e. The van der Waals surface area contributed by atoms with Gasteiger partial charge in [-0.25, -0.2) is 4.79 Å². The van der Waals surface area contributed by atoms with Crippen LogP contribution in [0.1, 0.15) is 57.0 Å². The van der Waals surface area contributed by atoms with Crippen LogP contribution in [0.4, 0.5) is 10.7 Å². The number of methoxy groups -OCH3 is 1. The lowest BCUT2D eigenvalue weighted by molar-refractivity contribution is -0.115. The van der Waals surface area contributed by atoms with Gasteiger partial charge in [0.2, 0.25) is 5.91 Å². The Labute approximate surface area is 272 Å². The number of anilines is 2. The van der Waals surface area contributed by atoms with Gasteiger partial charge >= 0.3 is 5.97 Å². The zero-order chi connectivity index (χ0) is 31.8. The minimum absolute atomic E-state index is 0.182. The van der Waals surface area contributed by atoms with Crippen LogP contribution in [-0.4, -0.2) is 48.2 Å². The highest BCUT2D eigenvalue weighted by molar-refractivity contribution is 8.00. The molecule has 1 atom stereocenters. The van der Waals surface area contributed by atoms with Crippen LogP contribution in [0.25, 0.3) is 0 Å². The van der Waals surface area contributed by atoms with Gasteiger partial charge in [0.25, 0.3) is 5.91 Å². The Hall–Kier alpha value is -4.12. The normalized spacial score (nSPS) is 13.4. The fourth-order valence-electron chi connectivity index (χ4n) is 5.23. The van der Waals surface area contributed by atoms with Crippen LogP contribution in [0.2, 0.25) is 0 Å². The third-order valence-electron chi connectivity index (χ3n) is 7.47. The van der Waals surface area contributed by atoms with E-state index in [-0.39, 0.29) is 18.4 Å². The van der Waals surface area contributed by atoms with E-state index in [0.29, 0.717) is 47.0 Å². The minimum atomic E-state index is -0.418. The average molecular weight is 644 g/mol. The highest BCUT2D eigenvalue weighted by Gasteiger charge is 2.31. The van der Waals surface area contributed by atoms with Gasteiger partial charge in [0.15, 0.2) is 0 Å². The molecule has 1 unspecified atom stereocenters. The van der Waals surface area contributed by atoms with Crippen molar-refractivity contribution in [1.82, 2.24) is 4.90 Å². The van der Waals surface area contributed by atoms with E-state index < -0.39 is 11.2 Å². The van der Waals surface area contributed by atoms with E-state index in [1.807, 2.05) is 49.4 Å². The number of nitrogens with one attached hydrogen (secondary N) is 2. The number of ether oxygens (including phenoxy) is 2. The molecule has 3 aromatic carbocycles. The van der Waals surface area contributed by atoms with Crippen LogP contribution in [0.3, 0.4) is 0 Å². The van der Waals surface area contributed by atoms with Crippen molar-refractivity contribution in [3.8, 4) is 5.75 Å². The molecule has 1 aliphatic heterocycles. The molecule has 2 amide bonds. The van der Waals surface area contributed by atoms with Crippen molar-refractivity contribution in [3.63, 3.8) is 0 Å². The van der Waals surface area contributed by atoms with E-state index in [0.717, 1.165) is 28.4 Å². The molecule has 2 heterocycles. The quantitative estimate of drug-likeness (QED) is 0.124. The Bertz CT molecular complexity index is 1660. The Morgan fingerprint density at radius 2 is 1.78 bits per heavy atom. The number of fused-ring (bicyclic) bond motifs is 1. The number of thiophene rings is 1. The lowest BCUT2D eigenvalue weighted by atomic mass is 10.0. The summed E-state index contributed by atoms with van der Waals surface area (Å²) in [5.41, 5.74) is 3.80. The van der Waals surface area contributed by atoms with Crippen molar-refractivity contribution in [1.29, 1.82) is 0 Å². The zero-order valence-corrected chi connectivity index (χ0v) is 27.3. The smallest absolute Gasteiger partial charge is 0.341 e. The number of thioether (sulfide) groups is 1. The maximum atomic E-state index is 13.6. The van der Waals surface area contributed by atoms with Crippen LogP contribution in [0.5, 0.6) is 5.75 Å². The van der Waals surface area contributed by atoms with Crippen LogP contribution >= 0.6 is 23.1 Å². The number of hydrogen-bond donors (Lipinski definition) is 2. The van der Waals surface area contributed by atoms with Crippen LogP contribution < -0.4 is 15.4 Å². The second-order valence-corrected chi connectivity index (χ2v) is 13.0. The largest absolute Gasteiger partial charge is 0.497 e. The molecule has 0 saturated carbocycles. The SMILES string of the molecule is CCOC(=O)c1c(NC(=O)C(CC)Sc2cccc(NC(=O)c3cccc(OC)c3)c2)sc2c1CCN(Cc1ccccc1)C2. The Morgan fingerprint density at radius 3 is 2.53 bits per heavy atom. The molecule has 0 saturated heterocycles. The number of benzene rings is 3. The molecule has 1 aliphatic rings. The number of carbonyl (C=O) groups is 3. The summed E-state index contributed by atoms with van der Waals surface area (Å²) in [6.07, 6.45) is 1.28. The molecule has 0 radical (unpaired) electrons. The Balaban J connectivity index is 1.29. The molecule has 45 heavy (non-hydrogen) atoms. The molecular formula is C35H37N3O5S2. The molecule has 0 spiro atoms.